The number of aromatic nitrogens is 1. The molecule has 84 valence electrons. The molecule has 1 aromatic rings. The fourth-order valence-electron chi connectivity index (χ4n) is 1.87. The van der Waals surface area contributed by atoms with Crippen molar-refractivity contribution in [2.75, 3.05) is 18.0 Å². The van der Waals surface area contributed by atoms with Gasteiger partial charge in [0.2, 0.25) is 0 Å². The summed E-state index contributed by atoms with van der Waals surface area (Å²) < 4.78 is 5.42. The molecule has 0 radical (unpaired) electrons. The number of hydrogen-bond donors (Lipinski definition) is 1. The average molecular weight is 227 g/mol. The Morgan fingerprint density at radius 3 is 2.73 bits per heavy atom. The van der Waals surface area contributed by atoms with E-state index in [0.29, 0.717) is 17.0 Å². The van der Waals surface area contributed by atoms with Gasteiger partial charge in [-0.15, -0.1) is 0 Å². The summed E-state index contributed by atoms with van der Waals surface area (Å²) in [5, 5.41) is 1.25. The van der Waals surface area contributed by atoms with Gasteiger partial charge in [-0.2, -0.15) is 16.7 Å². The minimum atomic E-state index is 0.442. The highest BCUT2D eigenvalue weighted by atomic mass is 32.2. The van der Waals surface area contributed by atoms with Crippen LogP contribution in [-0.2, 0) is 6.54 Å². The first kappa shape index (κ1) is 10.8. The van der Waals surface area contributed by atoms with Crippen LogP contribution in [-0.4, -0.2) is 28.6 Å². The molecule has 0 aromatic carbocycles. The highest BCUT2D eigenvalue weighted by molar-refractivity contribution is 8.00. The van der Waals surface area contributed by atoms with Crippen LogP contribution in [0.25, 0.3) is 0 Å². The Morgan fingerprint density at radius 2 is 2.20 bits per heavy atom. The van der Waals surface area contributed by atoms with Crippen LogP contribution in [0.5, 0.6) is 0 Å². The van der Waals surface area contributed by atoms with E-state index < -0.39 is 0 Å². The molecule has 5 heteroatoms. The van der Waals surface area contributed by atoms with E-state index in [1.807, 2.05) is 11.8 Å². The number of nitrogens with zero attached hydrogens (tertiary/aromatic N) is 2. The molecule has 0 amide bonds. The van der Waals surface area contributed by atoms with Crippen LogP contribution >= 0.6 is 11.8 Å². The summed E-state index contributed by atoms with van der Waals surface area (Å²) in [5.41, 5.74) is 6.32. The number of hydrogen-bond acceptors (Lipinski definition) is 5. The highest BCUT2D eigenvalue weighted by Crippen LogP contribution is 2.27. The smallest absolute Gasteiger partial charge is 0.297 e. The van der Waals surface area contributed by atoms with Crippen molar-refractivity contribution in [1.29, 1.82) is 0 Å². The van der Waals surface area contributed by atoms with Crippen LogP contribution in [0, 0.1) is 0 Å². The highest BCUT2D eigenvalue weighted by Gasteiger charge is 2.25. The van der Waals surface area contributed by atoms with Crippen molar-refractivity contribution in [3.63, 3.8) is 0 Å². The van der Waals surface area contributed by atoms with Gasteiger partial charge in [0.15, 0.2) is 0 Å². The molecule has 0 aliphatic carbocycles. The summed E-state index contributed by atoms with van der Waals surface area (Å²) in [6, 6.07) is 0.717. The Hall–Kier alpha value is -0.680. The quantitative estimate of drug-likeness (QED) is 0.829. The average Bonchev–Trinajstić information content (AvgIpc) is 2.64. The molecule has 2 rings (SSSR count). The molecule has 1 aliphatic heterocycles. The van der Waals surface area contributed by atoms with E-state index >= 15 is 0 Å². The van der Waals surface area contributed by atoms with Crippen molar-refractivity contribution in [3.05, 3.63) is 12.0 Å². The number of rotatable bonds is 2. The van der Waals surface area contributed by atoms with Crippen LogP contribution in [0.4, 0.5) is 6.01 Å². The Labute approximate surface area is 94.2 Å². The van der Waals surface area contributed by atoms with E-state index in [1.165, 1.54) is 0 Å². The van der Waals surface area contributed by atoms with Gasteiger partial charge in [-0.1, -0.05) is 13.8 Å². The zero-order valence-corrected chi connectivity index (χ0v) is 9.96. The lowest BCUT2D eigenvalue weighted by molar-refractivity contribution is 0.526. The van der Waals surface area contributed by atoms with Gasteiger partial charge in [0.05, 0.1) is 5.69 Å². The van der Waals surface area contributed by atoms with E-state index in [1.54, 1.807) is 6.26 Å². The molecule has 2 atom stereocenters. The number of nitrogens with two attached hydrogens (primary N) is 1. The topological polar surface area (TPSA) is 55.3 Å². The standard InChI is InChI=1S/C10H17N3OS/c1-7-4-13(5-8(2)15-7)10-12-9(3-11)6-14-10/h6-8H,3-5,11H2,1-2H3. The Morgan fingerprint density at radius 1 is 1.53 bits per heavy atom. The van der Waals surface area contributed by atoms with Gasteiger partial charge in [0.1, 0.15) is 6.26 Å². The molecular formula is C10H17N3OS. The predicted octanol–water partition coefficient (Wildman–Crippen LogP) is 1.46. The van der Waals surface area contributed by atoms with Crippen LogP contribution in [0.1, 0.15) is 19.5 Å². The first-order valence-electron chi connectivity index (χ1n) is 5.24. The fourth-order valence-corrected chi connectivity index (χ4v) is 3.19. The predicted molar refractivity (Wildman–Crippen MR) is 63.1 cm³/mol. The third-order valence-electron chi connectivity index (χ3n) is 2.44. The summed E-state index contributed by atoms with van der Waals surface area (Å²) in [5.74, 6) is 0. The second-order valence-electron chi connectivity index (χ2n) is 3.99. The van der Waals surface area contributed by atoms with Gasteiger partial charge >= 0.3 is 0 Å². The molecule has 15 heavy (non-hydrogen) atoms. The number of thioether (sulfide) groups is 1. The third kappa shape index (κ3) is 2.46. The molecule has 2 unspecified atom stereocenters. The molecule has 2 heterocycles. The van der Waals surface area contributed by atoms with E-state index in [2.05, 4.69) is 23.7 Å². The summed E-state index contributed by atoms with van der Waals surface area (Å²) in [6.45, 7) is 6.91. The van der Waals surface area contributed by atoms with Crippen molar-refractivity contribution in [3.8, 4) is 0 Å². The van der Waals surface area contributed by atoms with Crippen LogP contribution in [0.2, 0.25) is 0 Å². The minimum absolute atomic E-state index is 0.442. The fraction of sp³-hybridized carbons (Fsp3) is 0.700. The van der Waals surface area contributed by atoms with Gasteiger partial charge in [-0.05, 0) is 0 Å². The van der Waals surface area contributed by atoms with E-state index in [9.17, 15) is 0 Å². The van der Waals surface area contributed by atoms with Crippen LogP contribution in [0.15, 0.2) is 10.7 Å². The molecule has 2 N–H and O–H groups in total. The van der Waals surface area contributed by atoms with E-state index in [4.69, 9.17) is 10.2 Å². The van der Waals surface area contributed by atoms with E-state index in [-0.39, 0.29) is 0 Å². The van der Waals surface area contributed by atoms with Gasteiger partial charge in [-0.3, -0.25) is 0 Å². The monoisotopic (exact) mass is 227 g/mol. The zero-order chi connectivity index (χ0) is 10.8. The molecule has 1 aliphatic rings. The van der Waals surface area contributed by atoms with Crippen molar-refractivity contribution >= 4 is 17.8 Å². The van der Waals surface area contributed by atoms with Crippen molar-refractivity contribution in [2.45, 2.75) is 30.9 Å². The minimum Gasteiger partial charge on any atom is -0.432 e. The second-order valence-corrected chi connectivity index (χ2v) is 5.87. The second kappa shape index (κ2) is 4.45. The maximum atomic E-state index is 5.50. The van der Waals surface area contributed by atoms with Gasteiger partial charge in [0.25, 0.3) is 6.01 Å². The molecule has 0 bridgehead atoms. The summed E-state index contributed by atoms with van der Waals surface area (Å²) >= 11 is 2.02. The summed E-state index contributed by atoms with van der Waals surface area (Å²) in [4.78, 5) is 6.55. The lowest BCUT2D eigenvalue weighted by atomic mass is 10.3. The Kier molecular flexibility index (Phi) is 3.21. The third-order valence-corrected chi connectivity index (χ3v) is 3.67. The zero-order valence-electron chi connectivity index (χ0n) is 9.14. The Bertz CT molecular complexity index is 318. The lowest BCUT2D eigenvalue weighted by Gasteiger charge is -2.33. The first-order valence-corrected chi connectivity index (χ1v) is 6.18. The molecule has 1 saturated heterocycles. The SMILES string of the molecule is CC1CN(c2nc(CN)co2)CC(C)S1. The molecule has 1 fully saturated rings. The van der Waals surface area contributed by atoms with Crippen LogP contribution < -0.4 is 10.6 Å². The van der Waals surface area contributed by atoms with Crippen molar-refractivity contribution in [2.24, 2.45) is 5.73 Å². The normalized spacial score (nSPS) is 27.0. The largest absolute Gasteiger partial charge is 0.432 e. The van der Waals surface area contributed by atoms with Gasteiger partial charge in [0, 0.05) is 30.1 Å². The number of anilines is 1. The van der Waals surface area contributed by atoms with E-state index in [0.717, 1.165) is 24.8 Å². The summed E-state index contributed by atoms with van der Waals surface area (Å²) in [6.07, 6.45) is 1.65. The molecule has 0 spiro atoms. The molecule has 1 aromatic heterocycles. The summed E-state index contributed by atoms with van der Waals surface area (Å²) in [7, 11) is 0. The Balaban J connectivity index is 2.09. The van der Waals surface area contributed by atoms with Crippen LogP contribution in [0.3, 0.4) is 0 Å². The van der Waals surface area contributed by atoms with Gasteiger partial charge in [-0.25, -0.2) is 0 Å². The molecular weight excluding hydrogens is 210 g/mol. The lowest BCUT2D eigenvalue weighted by Crippen LogP contribution is -2.40. The first-order chi connectivity index (χ1) is 7.19. The maximum absolute atomic E-state index is 5.50. The molecule has 0 saturated carbocycles. The number of oxazole rings is 1. The van der Waals surface area contributed by atoms with Gasteiger partial charge < -0.3 is 15.1 Å². The maximum Gasteiger partial charge on any atom is 0.297 e. The van der Waals surface area contributed by atoms with Crippen molar-refractivity contribution < 1.29 is 4.42 Å². The molecule has 4 nitrogen and oxygen atoms in total. The van der Waals surface area contributed by atoms with Crippen molar-refractivity contribution in [1.82, 2.24) is 4.98 Å².